The summed E-state index contributed by atoms with van der Waals surface area (Å²) in [5, 5.41) is 7.17. The average molecular weight is 230 g/mol. The molecule has 1 aromatic heterocycles. The average Bonchev–Trinajstić information content (AvgIpc) is 2.63. The highest BCUT2D eigenvalue weighted by atomic mass is 16.5. The molecule has 0 bridgehead atoms. The Hall–Kier alpha value is -1.77. The van der Waals surface area contributed by atoms with Crippen LogP contribution in [0.2, 0.25) is 0 Å². The second-order valence-corrected chi connectivity index (χ2v) is 4.28. The van der Waals surface area contributed by atoms with E-state index >= 15 is 0 Å². The number of nitrogens with zero attached hydrogens (tertiary/aromatic N) is 1. The molecule has 0 aliphatic carbocycles. The molecule has 0 atom stereocenters. The van der Waals surface area contributed by atoms with Crippen LogP contribution in [0.3, 0.4) is 0 Å². The number of hydrogen-bond acceptors (Lipinski definition) is 2. The monoisotopic (exact) mass is 230 g/mol. The SMILES string of the molecule is Cc1ccccc1OCCc1c(C)n[nH]c1C. The Morgan fingerprint density at radius 1 is 1.18 bits per heavy atom. The Balaban J connectivity index is 1.95. The van der Waals surface area contributed by atoms with Crippen molar-refractivity contribution in [2.75, 3.05) is 6.61 Å². The van der Waals surface area contributed by atoms with E-state index in [4.69, 9.17) is 4.74 Å². The van der Waals surface area contributed by atoms with Crippen LogP contribution in [0, 0.1) is 20.8 Å². The van der Waals surface area contributed by atoms with E-state index in [0.29, 0.717) is 6.61 Å². The predicted octanol–water partition coefficient (Wildman–Crippen LogP) is 2.96. The largest absolute Gasteiger partial charge is 0.493 e. The van der Waals surface area contributed by atoms with Crippen molar-refractivity contribution in [3.05, 3.63) is 46.8 Å². The van der Waals surface area contributed by atoms with E-state index in [1.807, 2.05) is 32.0 Å². The van der Waals surface area contributed by atoms with Crippen LogP contribution in [-0.4, -0.2) is 16.8 Å². The summed E-state index contributed by atoms with van der Waals surface area (Å²) in [6.45, 7) is 6.81. The lowest BCUT2D eigenvalue weighted by Crippen LogP contribution is -2.03. The maximum Gasteiger partial charge on any atom is 0.122 e. The summed E-state index contributed by atoms with van der Waals surface area (Å²) in [6.07, 6.45) is 0.891. The molecule has 0 aliphatic heterocycles. The minimum absolute atomic E-state index is 0.687. The maximum absolute atomic E-state index is 5.78. The molecular weight excluding hydrogens is 212 g/mol. The van der Waals surface area contributed by atoms with Gasteiger partial charge in [0.1, 0.15) is 5.75 Å². The van der Waals surface area contributed by atoms with Gasteiger partial charge in [-0.05, 0) is 38.0 Å². The lowest BCUT2D eigenvalue weighted by Gasteiger charge is -2.08. The molecule has 3 nitrogen and oxygen atoms in total. The highest BCUT2D eigenvalue weighted by Gasteiger charge is 2.06. The van der Waals surface area contributed by atoms with Crippen molar-refractivity contribution in [1.29, 1.82) is 0 Å². The molecular formula is C14H18N2O. The molecule has 2 aromatic rings. The van der Waals surface area contributed by atoms with Crippen molar-refractivity contribution < 1.29 is 4.74 Å². The fourth-order valence-corrected chi connectivity index (χ4v) is 1.92. The predicted molar refractivity (Wildman–Crippen MR) is 68.4 cm³/mol. The first-order chi connectivity index (χ1) is 8.18. The van der Waals surface area contributed by atoms with E-state index < -0.39 is 0 Å². The van der Waals surface area contributed by atoms with E-state index in [0.717, 1.165) is 23.6 Å². The molecule has 1 heterocycles. The minimum atomic E-state index is 0.687. The van der Waals surface area contributed by atoms with Gasteiger partial charge in [0.05, 0.1) is 12.3 Å². The van der Waals surface area contributed by atoms with Crippen LogP contribution in [0.4, 0.5) is 0 Å². The molecule has 1 aromatic carbocycles. The smallest absolute Gasteiger partial charge is 0.122 e. The Bertz CT molecular complexity index is 483. The zero-order valence-corrected chi connectivity index (χ0v) is 10.6. The highest BCUT2D eigenvalue weighted by Crippen LogP contribution is 2.17. The number of aryl methyl sites for hydroxylation is 3. The molecule has 90 valence electrons. The molecule has 0 spiro atoms. The van der Waals surface area contributed by atoms with Crippen LogP contribution in [-0.2, 0) is 6.42 Å². The zero-order valence-electron chi connectivity index (χ0n) is 10.6. The maximum atomic E-state index is 5.78. The second-order valence-electron chi connectivity index (χ2n) is 4.28. The number of ether oxygens (including phenoxy) is 1. The molecule has 1 N–H and O–H groups in total. The molecule has 17 heavy (non-hydrogen) atoms. The summed E-state index contributed by atoms with van der Waals surface area (Å²) in [5.41, 5.74) is 4.64. The molecule has 0 fully saturated rings. The number of aromatic amines is 1. The topological polar surface area (TPSA) is 37.9 Å². The zero-order chi connectivity index (χ0) is 12.3. The van der Waals surface area contributed by atoms with E-state index in [2.05, 4.69) is 23.2 Å². The quantitative estimate of drug-likeness (QED) is 0.876. The van der Waals surface area contributed by atoms with E-state index in [-0.39, 0.29) is 0 Å². The summed E-state index contributed by atoms with van der Waals surface area (Å²) < 4.78 is 5.78. The van der Waals surface area contributed by atoms with Gasteiger partial charge in [-0.25, -0.2) is 0 Å². The summed E-state index contributed by atoms with van der Waals surface area (Å²) in [5.74, 6) is 0.964. The standard InChI is InChI=1S/C14H18N2O/c1-10-6-4-5-7-14(10)17-9-8-13-11(2)15-16-12(13)3/h4-7H,8-9H2,1-3H3,(H,15,16). The van der Waals surface area contributed by atoms with Crippen molar-refractivity contribution in [3.8, 4) is 5.75 Å². The van der Waals surface area contributed by atoms with Crippen molar-refractivity contribution in [2.24, 2.45) is 0 Å². The molecule has 0 unspecified atom stereocenters. The van der Waals surface area contributed by atoms with Gasteiger partial charge in [0.2, 0.25) is 0 Å². The van der Waals surface area contributed by atoms with Gasteiger partial charge in [-0.2, -0.15) is 5.10 Å². The molecule has 0 amide bonds. The van der Waals surface area contributed by atoms with Crippen molar-refractivity contribution >= 4 is 0 Å². The van der Waals surface area contributed by atoms with Crippen LogP contribution in [0.25, 0.3) is 0 Å². The fraction of sp³-hybridized carbons (Fsp3) is 0.357. The summed E-state index contributed by atoms with van der Waals surface area (Å²) in [4.78, 5) is 0. The first-order valence-electron chi connectivity index (χ1n) is 5.87. The Labute approximate surface area is 102 Å². The summed E-state index contributed by atoms with van der Waals surface area (Å²) in [7, 11) is 0. The number of para-hydroxylation sites is 1. The third kappa shape index (κ3) is 2.67. The fourth-order valence-electron chi connectivity index (χ4n) is 1.92. The van der Waals surface area contributed by atoms with Crippen molar-refractivity contribution in [1.82, 2.24) is 10.2 Å². The second kappa shape index (κ2) is 5.04. The number of aromatic nitrogens is 2. The Kier molecular flexibility index (Phi) is 3.47. The molecule has 0 saturated carbocycles. The van der Waals surface area contributed by atoms with Gasteiger partial charge in [0, 0.05) is 12.1 Å². The van der Waals surface area contributed by atoms with Crippen molar-refractivity contribution in [2.45, 2.75) is 27.2 Å². The number of rotatable bonds is 4. The summed E-state index contributed by atoms with van der Waals surface area (Å²) in [6, 6.07) is 8.08. The van der Waals surface area contributed by atoms with Gasteiger partial charge >= 0.3 is 0 Å². The van der Waals surface area contributed by atoms with Crippen LogP contribution >= 0.6 is 0 Å². The van der Waals surface area contributed by atoms with Crippen LogP contribution in [0.5, 0.6) is 5.75 Å². The lowest BCUT2D eigenvalue weighted by molar-refractivity contribution is 0.319. The number of benzene rings is 1. The lowest BCUT2D eigenvalue weighted by atomic mass is 10.1. The van der Waals surface area contributed by atoms with Crippen LogP contribution < -0.4 is 4.74 Å². The first kappa shape index (κ1) is 11.7. The highest BCUT2D eigenvalue weighted by molar-refractivity contribution is 5.32. The van der Waals surface area contributed by atoms with Crippen LogP contribution in [0.1, 0.15) is 22.5 Å². The van der Waals surface area contributed by atoms with E-state index in [1.54, 1.807) is 0 Å². The van der Waals surface area contributed by atoms with Crippen LogP contribution in [0.15, 0.2) is 24.3 Å². The Morgan fingerprint density at radius 3 is 2.59 bits per heavy atom. The molecule has 2 rings (SSSR count). The van der Waals surface area contributed by atoms with Crippen molar-refractivity contribution in [3.63, 3.8) is 0 Å². The first-order valence-corrected chi connectivity index (χ1v) is 5.87. The minimum Gasteiger partial charge on any atom is -0.493 e. The van der Waals surface area contributed by atoms with Gasteiger partial charge in [0.15, 0.2) is 0 Å². The van der Waals surface area contributed by atoms with Gasteiger partial charge in [0.25, 0.3) is 0 Å². The van der Waals surface area contributed by atoms with Gasteiger partial charge in [-0.15, -0.1) is 0 Å². The number of H-pyrrole nitrogens is 1. The third-order valence-corrected chi connectivity index (χ3v) is 2.98. The van der Waals surface area contributed by atoms with Gasteiger partial charge in [-0.1, -0.05) is 18.2 Å². The number of hydrogen-bond donors (Lipinski definition) is 1. The molecule has 3 heteroatoms. The summed E-state index contributed by atoms with van der Waals surface area (Å²) >= 11 is 0. The normalized spacial score (nSPS) is 10.5. The Morgan fingerprint density at radius 2 is 1.94 bits per heavy atom. The number of nitrogens with one attached hydrogen (secondary N) is 1. The molecule has 0 radical (unpaired) electrons. The van der Waals surface area contributed by atoms with E-state index in [1.165, 1.54) is 11.1 Å². The molecule has 0 saturated heterocycles. The van der Waals surface area contributed by atoms with Gasteiger partial charge in [-0.3, -0.25) is 5.10 Å². The third-order valence-electron chi connectivity index (χ3n) is 2.98. The molecule has 0 aliphatic rings. The van der Waals surface area contributed by atoms with E-state index in [9.17, 15) is 0 Å². The van der Waals surface area contributed by atoms with Gasteiger partial charge < -0.3 is 4.74 Å².